The van der Waals surface area contributed by atoms with Crippen molar-refractivity contribution in [1.29, 1.82) is 0 Å². The van der Waals surface area contributed by atoms with Gasteiger partial charge in [-0.05, 0) is 35.6 Å². The van der Waals surface area contributed by atoms with Gasteiger partial charge in [-0.3, -0.25) is 9.69 Å². The zero-order chi connectivity index (χ0) is 19.3. The largest absolute Gasteiger partial charge is 0.341 e. The number of thioether (sulfide) groups is 1. The molecule has 2 unspecified atom stereocenters. The van der Waals surface area contributed by atoms with E-state index in [4.69, 9.17) is 0 Å². The monoisotopic (exact) mass is 398 g/mol. The van der Waals surface area contributed by atoms with Gasteiger partial charge < -0.3 is 4.90 Å². The molecule has 2 aromatic carbocycles. The molecule has 0 bridgehead atoms. The Hall–Kier alpha value is -1.85. The minimum absolute atomic E-state index is 0.00983. The number of amides is 1. The SMILES string of the molecule is O=C(C1CC(c2ccccc2)CN(Cc2cccc(F)c2)C1)N1CCSCC1. The first-order chi connectivity index (χ1) is 13.7. The highest BCUT2D eigenvalue weighted by Crippen LogP contribution is 2.32. The van der Waals surface area contributed by atoms with E-state index >= 15 is 0 Å². The first kappa shape index (κ1) is 19.5. The van der Waals surface area contributed by atoms with Gasteiger partial charge in [-0.15, -0.1) is 0 Å². The number of hydrogen-bond donors (Lipinski definition) is 0. The lowest BCUT2D eigenvalue weighted by Gasteiger charge is -2.40. The lowest BCUT2D eigenvalue weighted by Crippen LogP contribution is -2.48. The molecule has 148 valence electrons. The van der Waals surface area contributed by atoms with Crippen LogP contribution in [0.5, 0.6) is 0 Å². The predicted octanol–water partition coefficient (Wildman–Crippen LogP) is 4.01. The summed E-state index contributed by atoms with van der Waals surface area (Å²) in [6.45, 7) is 4.06. The maximum atomic E-state index is 13.6. The second-order valence-corrected chi connectivity index (χ2v) is 9.03. The molecule has 4 rings (SSSR count). The van der Waals surface area contributed by atoms with Crippen molar-refractivity contribution in [2.75, 3.05) is 37.7 Å². The molecule has 0 aromatic heterocycles. The van der Waals surface area contributed by atoms with Gasteiger partial charge in [-0.1, -0.05) is 42.5 Å². The average molecular weight is 399 g/mol. The number of carbonyl (C=O) groups excluding carboxylic acids is 1. The summed E-state index contributed by atoms with van der Waals surface area (Å²) in [6.07, 6.45) is 0.895. The molecule has 2 aromatic rings. The summed E-state index contributed by atoms with van der Waals surface area (Å²) in [6, 6.07) is 17.3. The van der Waals surface area contributed by atoms with Crippen molar-refractivity contribution in [2.24, 2.45) is 5.92 Å². The Morgan fingerprint density at radius 1 is 1.04 bits per heavy atom. The molecule has 0 radical (unpaired) electrons. The van der Waals surface area contributed by atoms with Crippen LogP contribution < -0.4 is 0 Å². The molecule has 0 spiro atoms. The first-order valence-electron chi connectivity index (χ1n) is 10.1. The molecule has 0 saturated carbocycles. The Labute approximate surface area is 170 Å². The maximum absolute atomic E-state index is 13.6. The van der Waals surface area contributed by atoms with E-state index in [2.05, 4.69) is 34.1 Å². The van der Waals surface area contributed by atoms with Gasteiger partial charge in [0.1, 0.15) is 5.82 Å². The second kappa shape index (κ2) is 9.10. The molecule has 2 saturated heterocycles. The smallest absolute Gasteiger partial charge is 0.227 e. The quantitative estimate of drug-likeness (QED) is 0.778. The minimum Gasteiger partial charge on any atom is -0.341 e. The summed E-state index contributed by atoms with van der Waals surface area (Å²) >= 11 is 1.92. The lowest BCUT2D eigenvalue weighted by atomic mass is 9.83. The third-order valence-corrected chi connectivity index (χ3v) is 6.71. The van der Waals surface area contributed by atoms with Gasteiger partial charge in [0, 0.05) is 44.2 Å². The van der Waals surface area contributed by atoms with E-state index in [9.17, 15) is 9.18 Å². The zero-order valence-corrected chi connectivity index (χ0v) is 16.9. The highest BCUT2D eigenvalue weighted by Gasteiger charge is 2.34. The van der Waals surface area contributed by atoms with Crippen LogP contribution in [0.25, 0.3) is 0 Å². The van der Waals surface area contributed by atoms with E-state index in [1.807, 2.05) is 23.9 Å². The van der Waals surface area contributed by atoms with Crippen molar-refractivity contribution >= 4 is 17.7 Å². The average Bonchev–Trinajstić information content (AvgIpc) is 2.74. The van der Waals surface area contributed by atoms with Crippen LogP contribution in [-0.4, -0.2) is 53.4 Å². The van der Waals surface area contributed by atoms with Gasteiger partial charge in [0.25, 0.3) is 0 Å². The Bertz CT molecular complexity index is 794. The highest BCUT2D eigenvalue weighted by atomic mass is 32.2. The molecule has 2 atom stereocenters. The summed E-state index contributed by atoms with van der Waals surface area (Å²) in [5.41, 5.74) is 2.26. The van der Waals surface area contributed by atoms with Crippen LogP contribution in [0.1, 0.15) is 23.5 Å². The molecule has 3 nitrogen and oxygen atoms in total. The van der Waals surface area contributed by atoms with Gasteiger partial charge in [0.15, 0.2) is 0 Å². The third-order valence-electron chi connectivity index (χ3n) is 5.76. The Kier molecular flexibility index (Phi) is 6.33. The first-order valence-corrected chi connectivity index (χ1v) is 11.2. The number of carbonyl (C=O) groups is 1. The number of rotatable bonds is 4. The molecule has 1 amide bonds. The van der Waals surface area contributed by atoms with Gasteiger partial charge in [-0.25, -0.2) is 4.39 Å². The van der Waals surface area contributed by atoms with Gasteiger partial charge in [0.05, 0.1) is 5.92 Å². The lowest BCUT2D eigenvalue weighted by molar-refractivity contribution is -0.137. The molecule has 2 aliphatic rings. The number of hydrogen-bond acceptors (Lipinski definition) is 3. The van der Waals surface area contributed by atoms with Crippen LogP contribution in [0.3, 0.4) is 0 Å². The minimum atomic E-state index is -0.201. The Morgan fingerprint density at radius 3 is 2.57 bits per heavy atom. The van der Waals surface area contributed by atoms with Crippen LogP contribution >= 0.6 is 11.8 Å². The van der Waals surface area contributed by atoms with Crippen molar-refractivity contribution in [3.63, 3.8) is 0 Å². The predicted molar refractivity (Wildman–Crippen MR) is 113 cm³/mol. The molecule has 0 N–H and O–H groups in total. The summed E-state index contributed by atoms with van der Waals surface area (Å²) in [7, 11) is 0. The van der Waals surface area contributed by atoms with E-state index in [0.717, 1.165) is 49.7 Å². The molecular weight excluding hydrogens is 371 g/mol. The van der Waals surface area contributed by atoms with Crippen molar-refractivity contribution in [3.05, 3.63) is 71.5 Å². The molecular formula is C23H27FN2OS. The molecule has 2 heterocycles. The topological polar surface area (TPSA) is 23.6 Å². The van der Waals surface area contributed by atoms with Crippen LogP contribution in [0.4, 0.5) is 4.39 Å². The van der Waals surface area contributed by atoms with E-state index in [1.54, 1.807) is 12.1 Å². The zero-order valence-electron chi connectivity index (χ0n) is 16.1. The standard InChI is InChI=1S/C23H27FN2OS/c24-22-8-4-5-18(13-22)15-25-16-20(19-6-2-1-3-7-19)14-21(17-25)23(27)26-9-11-28-12-10-26/h1-8,13,20-21H,9-12,14-17H2. The van der Waals surface area contributed by atoms with Crippen LogP contribution in [0.15, 0.2) is 54.6 Å². The molecule has 28 heavy (non-hydrogen) atoms. The van der Waals surface area contributed by atoms with E-state index in [-0.39, 0.29) is 11.7 Å². The number of halogens is 1. The van der Waals surface area contributed by atoms with Crippen LogP contribution in [-0.2, 0) is 11.3 Å². The molecule has 2 fully saturated rings. The van der Waals surface area contributed by atoms with Crippen molar-refractivity contribution in [2.45, 2.75) is 18.9 Å². The van der Waals surface area contributed by atoms with Gasteiger partial charge >= 0.3 is 0 Å². The van der Waals surface area contributed by atoms with E-state index in [1.165, 1.54) is 11.6 Å². The fraction of sp³-hybridized carbons (Fsp3) is 0.435. The molecule has 2 aliphatic heterocycles. The Balaban J connectivity index is 1.53. The number of likely N-dealkylation sites (tertiary alicyclic amines) is 1. The maximum Gasteiger partial charge on any atom is 0.227 e. The third kappa shape index (κ3) is 4.76. The van der Waals surface area contributed by atoms with Crippen molar-refractivity contribution in [3.8, 4) is 0 Å². The van der Waals surface area contributed by atoms with Crippen molar-refractivity contribution < 1.29 is 9.18 Å². The summed E-state index contributed by atoms with van der Waals surface area (Å²) in [5, 5.41) is 0. The summed E-state index contributed by atoms with van der Waals surface area (Å²) in [5.74, 6) is 2.51. The number of benzene rings is 2. The van der Waals surface area contributed by atoms with Crippen LogP contribution in [0.2, 0.25) is 0 Å². The normalized spacial score (nSPS) is 23.5. The summed E-state index contributed by atoms with van der Waals surface area (Å²) < 4.78 is 13.6. The summed E-state index contributed by atoms with van der Waals surface area (Å²) in [4.78, 5) is 17.6. The van der Waals surface area contributed by atoms with Gasteiger partial charge in [0.2, 0.25) is 5.91 Å². The fourth-order valence-corrected chi connectivity index (χ4v) is 5.30. The van der Waals surface area contributed by atoms with Crippen molar-refractivity contribution in [1.82, 2.24) is 9.80 Å². The second-order valence-electron chi connectivity index (χ2n) is 7.80. The Morgan fingerprint density at radius 2 is 1.82 bits per heavy atom. The molecule has 0 aliphatic carbocycles. The van der Waals surface area contributed by atoms with Crippen LogP contribution in [0, 0.1) is 11.7 Å². The number of piperidine rings is 1. The molecule has 5 heteroatoms. The van der Waals surface area contributed by atoms with E-state index < -0.39 is 0 Å². The van der Waals surface area contributed by atoms with Gasteiger partial charge in [-0.2, -0.15) is 11.8 Å². The van der Waals surface area contributed by atoms with E-state index in [0.29, 0.717) is 18.4 Å². The fourth-order valence-electron chi connectivity index (χ4n) is 4.40. The number of nitrogens with zero attached hydrogens (tertiary/aromatic N) is 2. The highest BCUT2D eigenvalue weighted by molar-refractivity contribution is 7.99.